The maximum atomic E-state index is 11.2. The van der Waals surface area contributed by atoms with Gasteiger partial charge < -0.3 is 14.3 Å². The number of hydrogen-bond acceptors (Lipinski definition) is 2. The molecule has 54 heavy (non-hydrogen) atoms. The Morgan fingerprint density at radius 1 is 0.722 bits per heavy atom. The second-order valence-electron chi connectivity index (χ2n) is 14.9. The molecule has 3 atom stereocenters. The fourth-order valence-corrected chi connectivity index (χ4v) is 9.63. The molecular formula is C50H36N3O+. The summed E-state index contributed by atoms with van der Waals surface area (Å²) in [6, 6.07) is 54.5. The van der Waals surface area contributed by atoms with E-state index in [1.54, 1.807) is 0 Å². The van der Waals surface area contributed by atoms with Crippen molar-refractivity contribution in [1.29, 1.82) is 5.26 Å². The molecule has 4 heterocycles. The molecule has 3 aliphatic rings. The van der Waals surface area contributed by atoms with Crippen molar-refractivity contribution in [3.63, 3.8) is 0 Å². The van der Waals surface area contributed by atoms with Gasteiger partial charge in [0.05, 0.1) is 22.5 Å². The fourth-order valence-electron chi connectivity index (χ4n) is 9.63. The zero-order valence-electron chi connectivity index (χ0n) is 29.8. The number of allylic oxidation sites excluding steroid dienone is 3. The molecule has 0 spiro atoms. The molecule has 3 unspecified atom stereocenters. The van der Waals surface area contributed by atoms with Crippen LogP contribution in [-0.2, 0) is 6.42 Å². The number of benzene rings is 6. The van der Waals surface area contributed by atoms with Crippen LogP contribution in [0.5, 0.6) is 0 Å². The molecule has 0 saturated carbocycles. The van der Waals surface area contributed by atoms with Gasteiger partial charge >= 0.3 is 0 Å². The highest BCUT2D eigenvalue weighted by atomic mass is 16.3. The first kappa shape index (κ1) is 30.9. The van der Waals surface area contributed by atoms with Crippen LogP contribution in [0.15, 0.2) is 173 Å². The molecule has 2 N–H and O–H groups in total. The van der Waals surface area contributed by atoms with Gasteiger partial charge in [-0.2, -0.15) is 5.26 Å². The van der Waals surface area contributed by atoms with Crippen LogP contribution in [0, 0.1) is 17.2 Å². The van der Waals surface area contributed by atoms with Crippen LogP contribution in [0.2, 0.25) is 0 Å². The number of aromatic nitrogens is 1. The molecule has 2 aliphatic heterocycles. The van der Waals surface area contributed by atoms with Gasteiger partial charge in [0, 0.05) is 45.2 Å². The van der Waals surface area contributed by atoms with Crippen molar-refractivity contribution >= 4 is 44.6 Å². The lowest BCUT2D eigenvalue weighted by atomic mass is 9.70. The number of hydrogen-bond donors (Lipinski definition) is 1. The molecule has 6 aromatic carbocycles. The maximum absolute atomic E-state index is 11.2. The number of furan rings is 1. The van der Waals surface area contributed by atoms with E-state index in [1.165, 1.54) is 55.7 Å². The van der Waals surface area contributed by atoms with E-state index in [0.717, 1.165) is 50.8 Å². The predicted molar refractivity (Wildman–Crippen MR) is 218 cm³/mol. The Morgan fingerprint density at radius 2 is 1.44 bits per heavy atom. The summed E-state index contributed by atoms with van der Waals surface area (Å²) in [5, 5.41) is 17.1. The van der Waals surface area contributed by atoms with E-state index in [2.05, 4.69) is 168 Å². The topological polar surface area (TPSA) is 58.5 Å². The van der Waals surface area contributed by atoms with Gasteiger partial charge in [-0.15, -0.1) is 0 Å². The zero-order chi connectivity index (χ0) is 35.9. The molecule has 1 aliphatic carbocycles. The van der Waals surface area contributed by atoms with Crippen molar-refractivity contribution in [3.05, 3.63) is 196 Å². The average molecular weight is 695 g/mol. The van der Waals surface area contributed by atoms with E-state index >= 15 is 0 Å². The normalized spacial score (nSPS) is 19.0. The van der Waals surface area contributed by atoms with Gasteiger partial charge in [0.1, 0.15) is 28.9 Å². The second kappa shape index (κ2) is 11.9. The molecule has 4 heteroatoms. The van der Waals surface area contributed by atoms with E-state index in [4.69, 9.17) is 4.42 Å². The van der Waals surface area contributed by atoms with Gasteiger partial charge in [-0.3, -0.25) is 0 Å². The van der Waals surface area contributed by atoms with E-state index in [0.29, 0.717) is 0 Å². The Hall–Kier alpha value is -6.67. The Morgan fingerprint density at radius 3 is 2.22 bits per heavy atom. The quantitative estimate of drug-likeness (QED) is 0.187. The third kappa shape index (κ3) is 4.46. The molecule has 0 amide bonds. The van der Waals surface area contributed by atoms with Gasteiger partial charge in [0.25, 0.3) is 0 Å². The zero-order valence-corrected chi connectivity index (χ0v) is 29.8. The van der Waals surface area contributed by atoms with Crippen LogP contribution in [0.4, 0.5) is 0 Å². The Kier molecular flexibility index (Phi) is 6.83. The van der Waals surface area contributed by atoms with Gasteiger partial charge in [-0.1, -0.05) is 128 Å². The summed E-state index contributed by atoms with van der Waals surface area (Å²) < 4.78 is 9.08. The fraction of sp³-hybridized carbons (Fsp3) is 0.100. The summed E-state index contributed by atoms with van der Waals surface area (Å²) in [7, 11) is 0. The second-order valence-corrected chi connectivity index (χ2v) is 14.9. The minimum Gasteiger partial charge on any atom is -0.456 e. The van der Waals surface area contributed by atoms with Crippen molar-refractivity contribution in [2.24, 2.45) is 5.92 Å². The van der Waals surface area contributed by atoms with Crippen LogP contribution in [0.25, 0.3) is 61.4 Å². The number of nitrogens with two attached hydrogens (primary N) is 1. The summed E-state index contributed by atoms with van der Waals surface area (Å²) in [5.74, 6) is -0.0453. The number of rotatable bonds is 3. The molecular weight excluding hydrogens is 659 g/mol. The summed E-state index contributed by atoms with van der Waals surface area (Å²) >= 11 is 0. The van der Waals surface area contributed by atoms with Gasteiger partial charge in [-0.05, 0) is 65.1 Å². The molecule has 256 valence electrons. The van der Waals surface area contributed by atoms with Crippen LogP contribution >= 0.6 is 0 Å². The average Bonchev–Trinajstić information content (AvgIpc) is 3.70. The van der Waals surface area contributed by atoms with Crippen molar-refractivity contribution in [3.8, 4) is 22.9 Å². The third-order valence-corrected chi connectivity index (χ3v) is 12.0. The lowest BCUT2D eigenvalue weighted by molar-refractivity contribution is -0.603. The maximum Gasteiger partial charge on any atom is 0.152 e. The minimum atomic E-state index is -0.206. The predicted octanol–water partition coefficient (Wildman–Crippen LogP) is 11.0. The van der Waals surface area contributed by atoms with Gasteiger partial charge in [0.15, 0.2) is 5.70 Å². The summed E-state index contributed by atoms with van der Waals surface area (Å²) in [6.07, 6.45) is 5.53. The van der Waals surface area contributed by atoms with E-state index in [-0.39, 0.29) is 17.9 Å². The summed E-state index contributed by atoms with van der Waals surface area (Å²) in [6.45, 7) is 2.34. The van der Waals surface area contributed by atoms with Crippen LogP contribution in [-0.4, -0.2) is 4.57 Å². The lowest BCUT2D eigenvalue weighted by Crippen LogP contribution is -2.84. The summed E-state index contributed by atoms with van der Waals surface area (Å²) in [4.78, 5) is 0. The number of quaternary nitrogens is 1. The molecule has 0 saturated heterocycles. The minimum absolute atomic E-state index is 0.0977. The van der Waals surface area contributed by atoms with Gasteiger partial charge in [-0.25, -0.2) is 0 Å². The highest BCUT2D eigenvalue weighted by molar-refractivity contribution is 6.20. The highest BCUT2D eigenvalue weighted by Gasteiger charge is 2.45. The molecule has 8 aromatic rings. The SMILES string of the molecule is CC1C=Cc2c3n(c4c2ccc2oc5ccccc5c24)-c2ccc(-c4ccccc4)cc2C2[NH2+]C(c4ccccc4)=C(C#N)C(c4ccccc4)C2=C1C3. The van der Waals surface area contributed by atoms with E-state index in [9.17, 15) is 5.26 Å². The molecule has 2 bridgehead atoms. The van der Waals surface area contributed by atoms with E-state index < -0.39 is 0 Å². The Labute approximate surface area is 313 Å². The first-order valence-electron chi connectivity index (χ1n) is 18.9. The molecule has 0 radical (unpaired) electrons. The van der Waals surface area contributed by atoms with E-state index in [1.807, 2.05) is 12.1 Å². The molecule has 2 aromatic heterocycles. The standard InChI is InChI=1S/C50H35N3O/c1-30-21-23-35-36-24-26-44-46(37-19-11-12-20-43(37)54-44)50(36)53-41-25-22-34(31-13-5-2-6-14-31)27-39(41)49-47(38(30)28-42(35)53)45(32-15-7-3-8-16-32)40(29-51)48(52-49)33-17-9-4-10-18-33/h2-27,30,45,49,52H,28H2,1H3/p+1. The largest absolute Gasteiger partial charge is 0.456 e. The number of fused-ring (bicyclic) bond motifs is 12. The molecule has 0 fully saturated rings. The Balaban J connectivity index is 1.32. The first-order valence-corrected chi connectivity index (χ1v) is 18.9. The van der Waals surface area contributed by atoms with Crippen LogP contribution < -0.4 is 5.32 Å². The smallest absolute Gasteiger partial charge is 0.152 e. The molecule has 4 nitrogen and oxygen atoms in total. The van der Waals surface area contributed by atoms with Gasteiger partial charge in [0.2, 0.25) is 0 Å². The third-order valence-electron chi connectivity index (χ3n) is 12.0. The Bertz CT molecular complexity index is 2950. The first-order chi connectivity index (χ1) is 26.7. The van der Waals surface area contributed by atoms with Crippen molar-refractivity contribution in [2.75, 3.05) is 0 Å². The number of nitriles is 1. The van der Waals surface area contributed by atoms with Crippen LogP contribution in [0.1, 0.15) is 46.8 Å². The number of para-hydroxylation sites is 1. The van der Waals surface area contributed by atoms with Crippen LogP contribution in [0.3, 0.4) is 0 Å². The monoisotopic (exact) mass is 694 g/mol. The van der Waals surface area contributed by atoms with Crippen molar-refractivity contribution in [1.82, 2.24) is 4.57 Å². The van der Waals surface area contributed by atoms with Crippen molar-refractivity contribution in [2.45, 2.75) is 25.3 Å². The summed E-state index contributed by atoms with van der Waals surface area (Å²) in [5.41, 5.74) is 17.0. The molecule has 11 rings (SSSR count). The lowest BCUT2D eigenvalue weighted by Gasteiger charge is -2.38. The number of nitrogens with zero attached hydrogens (tertiary/aromatic N) is 2. The van der Waals surface area contributed by atoms with Crippen molar-refractivity contribution < 1.29 is 9.73 Å². The highest BCUT2D eigenvalue weighted by Crippen LogP contribution is 2.51.